The number of phosphoric ester groups is 1. The number of carbonyl (C=O) groups is 3. The van der Waals surface area contributed by atoms with Crippen molar-refractivity contribution in [2.75, 3.05) is 26.4 Å². The average molecular weight is 1090 g/mol. The smallest absolute Gasteiger partial charge is 0.462 e. The summed E-state index contributed by atoms with van der Waals surface area (Å²) in [5.74, 6) is -1.47. The summed E-state index contributed by atoms with van der Waals surface area (Å²) in [6, 6.07) is 0. The number of allylic oxidation sites excluding steroid dienone is 10. The van der Waals surface area contributed by atoms with Crippen molar-refractivity contribution in [1.82, 2.24) is 0 Å². The Morgan fingerprint density at radius 3 is 1.08 bits per heavy atom. The summed E-state index contributed by atoms with van der Waals surface area (Å²) >= 11 is 0. The summed E-state index contributed by atoms with van der Waals surface area (Å²) in [5, 5.41) is 9.82. The molecule has 12 heteroatoms. The van der Waals surface area contributed by atoms with Gasteiger partial charge in [-0.1, -0.05) is 229 Å². The van der Waals surface area contributed by atoms with Crippen molar-refractivity contribution < 1.29 is 52.2 Å². The highest BCUT2D eigenvalue weighted by Crippen LogP contribution is 2.43. The van der Waals surface area contributed by atoms with Gasteiger partial charge >= 0.3 is 25.7 Å². The van der Waals surface area contributed by atoms with Crippen LogP contribution in [-0.4, -0.2) is 66.5 Å². The normalized spacial score (nSPS) is 13.7. The van der Waals surface area contributed by atoms with Crippen molar-refractivity contribution in [3.8, 4) is 0 Å². The third kappa shape index (κ3) is 55.9. The lowest BCUT2D eigenvalue weighted by molar-refractivity contribution is -0.161. The van der Waals surface area contributed by atoms with Crippen LogP contribution in [0, 0.1) is 0 Å². The van der Waals surface area contributed by atoms with Crippen LogP contribution in [0.3, 0.4) is 0 Å². The lowest BCUT2D eigenvalue weighted by Crippen LogP contribution is -2.30. The molecule has 2 N–H and O–H groups in total. The molecule has 0 aromatic heterocycles. The van der Waals surface area contributed by atoms with Crippen LogP contribution >= 0.6 is 7.82 Å². The van der Waals surface area contributed by atoms with Gasteiger partial charge in [0, 0.05) is 19.3 Å². The van der Waals surface area contributed by atoms with Crippen molar-refractivity contribution in [2.45, 2.75) is 303 Å². The van der Waals surface area contributed by atoms with E-state index in [0.717, 1.165) is 116 Å². The summed E-state index contributed by atoms with van der Waals surface area (Å²) in [6.07, 6.45) is 64.6. The van der Waals surface area contributed by atoms with E-state index >= 15 is 0 Å². The molecule has 0 saturated carbocycles. The first-order chi connectivity index (χ1) is 37.2. The first-order valence-electron chi connectivity index (χ1n) is 31.2. The van der Waals surface area contributed by atoms with E-state index in [2.05, 4.69) is 81.5 Å². The molecular weight excluding hydrogens is 976 g/mol. The Labute approximate surface area is 465 Å². The molecule has 0 aliphatic rings. The van der Waals surface area contributed by atoms with Gasteiger partial charge in [0.1, 0.15) is 12.7 Å². The van der Waals surface area contributed by atoms with Gasteiger partial charge in [0.2, 0.25) is 0 Å². The summed E-state index contributed by atoms with van der Waals surface area (Å²) in [5.41, 5.74) is 0. The van der Waals surface area contributed by atoms with Crippen LogP contribution in [0.5, 0.6) is 0 Å². The number of hydrogen-bond donors (Lipinski definition) is 2. The predicted molar refractivity (Wildman–Crippen MR) is 316 cm³/mol. The zero-order valence-corrected chi connectivity index (χ0v) is 49.9. The minimum absolute atomic E-state index is 0.156. The Bertz CT molecular complexity index is 1510. The van der Waals surface area contributed by atoms with Crippen molar-refractivity contribution in [3.63, 3.8) is 0 Å². The maximum absolute atomic E-state index is 12.9. The molecule has 0 rings (SSSR count). The van der Waals surface area contributed by atoms with E-state index in [1.807, 2.05) is 0 Å². The van der Waals surface area contributed by atoms with Gasteiger partial charge < -0.3 is 24.2 Å². The van der Waals surface area contributed by atoms with E-state index in [-0.39, 0.29) is 25.9 Å². The van der Waals surface area contributed by atoms with Gasteiger partial charge in [0.05, 0.1) is 19.8 Å². The number of phosphoric acid groups is 1. The summed E-state index contributed by atoms with van der Waals surface area (Å²) in [7, 11) is -4.75. The Morgan fingerprint density at radius 2 is 0.684 bits per heavy atom. The number of unbranched alkanes of at least 4 members (excludes halogenated alkanes) is 31. The van der Waals surface area contributed by atoms with E-state index in [1.54, 1.807) is 0 Å². The summed E-state index contributed by atoms with van der Waals surface area (Å²) in [6.45, 7) is 4.53. The highest BCUT2D eigenvalue weighted by atomic mass is 31.2. The van der Waals surface area contributed by atoms with Gasteiger partial charge in [-0.15, -0.1) is 0 Å². The van der Waals surface area contributed by atoms with Crippen LogP contribution in [0.4, 0.5) is 0 Å². The fourth-order valence-electron chi connectivity index (χ4n) is 8.66. The molecule has 0 bridgehead atoms. The van der Waals surface area contributed by atoms with E-state index in [4.69, 9.17) is 23.3 Å². The second kappa shape index (κ2) is 58.3. The number of ether oxygens (including phenoxy) is 3. The quantitative estimate of drug-likeness (QED) is 0.0197. The molecule has 76 heavy (non-hydrogen) atoms. The molecule has 442 valence electrons. The predicted octanol–water partition coefficient (Wildman–Crippen LogP) is 18.7. The Hall–Kier alpha value is -2.82. The summed E-state index contributed by atoms with van der Waals surface area (Å²) < 4.78 is 39.6. The van der Waals surface area contributed by atoms with Gasteiger partial charge in [0.15, 0.2) is 6.10 Å². The second-order valence-corrected chi connectivity index (χ2v) is 22.3. The minimum Gasteiger partial charge on any atom is -0.462 e. The van der Waals surface area contributed by atoms with Crippen molar-refractivity contribution >= 4 is 25.7 Å². The average Bonchev–Trinajstić information content (AvgIpc) is 3.41. The Morgan fingerprint density at radius 1 is 0.382 bits per heavy atom. The molecule has 0 aliphatic carbocycles. The molecule has 0 radical (unpaired) electrons. The van der Waals surface area contributed by atoms with Gasteiger partial charge in [-0.25, -0.2) is 4.57 Å². The zero-order valence-electron chi connectivity index (χ0n) is 49.0. The van der Waals surface area contributed by atoms with E-state index in [0.29, 0.717) is 19.3 Å². The second-order valence-electron chi connectivity index (χ2n) is 20.8. The Balaban J connectivity index is 4.71. The molecule has 0 spiro atoms. The van der Waals surface area contributed by atoms with Crippen molar-refractivity contribution in [1.29, 1.82) is 0 Å². The van der Waals surface area contributed by atoms with Crippen molar-refractivity contribution in [3.05, 3.63) is 60.8 Å². The third-order valence-electron chi connectivity index (χ3n) is 13.4. The molecular formula is C64H115O11P. The zero-order chi connectivity index (χ0) is 55.5. The van der Waals surface area contributed by atoms with E-state index in [9.17, 15) is 28.9 Å². The molecule has 11 nitrogen and oxygen atoms in total. The molecule has 0 aromatic rings. The maximum Gasteiger partial charge on any atom is 0.472 e. The van der Waals surface area contributed by atoms with Gasteiger partial charge in [-0.05, 0) is 103 Å². The van der Waals surface area contributed by atoms with Crippen molar-refractivity contribution in [2.24, 2.45) is 0 Å². The molecule has 0 heterocycles. The van der Waals surface area contributed by atoms with Crippen LogP contribution < -0.4 is 0 Å². The topological polar surface area (TPSA) is 155 Å². The Kier molecular flexibility index (Phi) is 56.2. The first kappa shape index (κ1) is 73.2. The number of hydrogen-bond acceptors (Lipinski definition) is 10. The van der Waals surface area contributed by atoms with Crippen LogP contribution in [0.2, 0.25) is 0 Å². The SMILES string of the molecule is CC/C=C\C/C=C\C/C=C\CCCCCCCCCC(=O)OC(COC(=O)CCCCCCCCCCC/C=C\CCCCCCCC)COP(=O)(O)OCC(CO)OC(=O)CCCCCCC/C=C\CCCCCC. The lowest BCUT2D eigenvalue weighted by atomic mass is 10.1. The fraction of sp³-hybridized carbons (Fsp3) is 0.797. The number of esters is 3. The molecule has 0 fully saturated rings. The van der Waals surface area contributed by atoms with Crippen LogP contribution in [0.15, 0.2) is 60.8 Å². The van der Waals surface area contributed by atoms with Gasteiger partial charge in [-0.3, -0.25) is 23.4 Å². The molecule has 3 unspecified atom stereocenters. The number of aliphatic hydroxyl groups excluding tert-OH is 1. The minimum atomic E-state index is -4.75. The summed E-state index contributed by atoms with van der Waals surface area (Å²) in [4.78, 5) is 48.7. The van der Waals surface area contributed by atoms with Gasteiger partial charge in [0.25, 0.3) is 0 Å². The molecule has 0 aromatic carbocycles. The standard InChI is InChI=1S/C64H115O11P/c1-4-7-10-13-16-19-22-25-27-29-30-32-33-36-38-41-44-47-50-53-62(66)71-57-61(75-64(68)55-52-49-46-43-40-37-34-31-28-26-23-20-17-14-11-8-5-2)59-73-76(69,70)72-58-60(56-65)74-63(67)54-51-48-45-42-39-35-24-21-18-15-12-9-6-3/h8,11,17,20-21,24-28,60-61,65H,4-7,9-10,12-16,18-19,22-23,29-59H2,1-3H3,(H,69,70)/b11-8-,20-17-,24-21-,27-25-,28-26-. The largest absolute Gasteiger partial charge is 0.472 e. The molecule has 3 atom stereocenters. The fourth-order valence-corrected chi connectivity index (χ4v) is 9.44. The van der Waals surface area contributed by atoms with Crippen LogP contribution in [-0.2, 0) is 42.2 Å². The van der Waals surface area contributed by atoms with Gasteiger partial charge in [-0.2, -0.15) is 0 Å². The molecule has 0 amide bonds. The monoisotopic (exact) mass is 1090 g/mol. The highest BCUT2D eigenvalue weighted by molar-refractivity contribution is 7.47. The molecule has 0 saturated heterocycles. The van der Waals surface area contributed by atoms with Crippen LogP contribution in [0.25, 0.3) is 0 Å². The maximum atomic E-state index is 12.9. The lowest BCUT2D eigenvalue weighted by Gasteiger charge is -2.21. The highest BCUT2D eigenvalue weighted by Gasteiger charge is 2.28. The van der Waals surface area contributed by atoms with E-state index in [1.165, 1.54) is 116 Å². The first-order valence-corrected chi connectivity index (χ1v) is 32.7. The molecule has 0 aliphatic heterocycles. The number of aliphatic hydroxyl groups is 1. The number of carbonyl (C=O) groups excluding carboxylic acids is 3. The van der Waals surface area contributed by atoms with E-state index < -0.39 is 57.8 Å². The van der Waals surface area contributed by atoms with Crippen LogP contribution in [0.1, 0.15) is 290 Å². The number of rotatable bonds is 58. The third-order valence-corrected chi connectivity index (χ3v) is 14.3.